The zero-order valence-corrected chi connectivity index (χ0v) is 14.7. The highest BCUT2D eigenvalue weighted by atomic mass is 35.5. The number of rotatable bonds is 5. The lowest BCUT2D eigenvalue weighted by atomic mass is 10.1. The maximum Gasteiger partial charge on any atom is 0.225 e. The minimum Gasteiger partial charge on any atom is -0.351 e. The molecule has 3 aromatic rings. The predicted octanol–water partition coefficient (Wildman–Crippen LogP) is 5.42. The van der Waals surface area contributed by atoms with E-state index in [9.17, 15) is 0 Å². The molecule has 1 fully saturated rings. The number of benzene rings is 2. The number of nitrogens with one attached hydrogen (secondary N) is 2. The van der Waals surface area contributed by atoms with Gasteiger partial charge in [-0.2, -0.15) is 4.98 Å². The number of nitrogens with zero attached hydrogens (tertiary/aromatic N) is 2. The fourth-order valence-corrected chi connectivity index (χ4v) is 2.80. The number of anilines is 3. The van der Waals surface area contributed by atoms with Crippen molar-refractivity contribution in [2.24, 2.45) is 0 Å². The van der Waals surface area contributed by atoms with Crippen molar-refractivity contribution in [2.75, 3.05) is 10.6 Å². The fraction of sp³-hybridized carbons (Fsp3) is 0.200. The summed E-state index contributed by atoms with van der Waals surface area (Å²) >= 11 is 6.23. The number of halogens is 1. The first kappa shape index (κ1) is 15.9. The molecule has 4 nitrogen and oxygen atoms in total. The van der Waals surface area contributed by atoms with E-state index in [1.807, 2.05) is 49.4 Å². The molecule has 1 heterocycles. The first-order valence-electron chi connectivity index (χ1n) is 8.42. The molecule has 5 heteroatoms. The normalized spacial score (nSPS) is 13.5. The van der Waals surface area contributed by atoms with Crippen LogP contribution in [0.15, 0.2) is 54.6 Å². The van der Waals surface area contributed by atoms with E-state index in [-0.39, 0.29) is 0 Å². The molecule has 25 heavy (non-hydrogen) atoms. The van der Waals surface area contributed by atoms with Crippen molar-refractivity contribution in [3.63, 3.8) is 0 Å². The second-order valence-electron chi connectivity index (χ2n) is 6.28. The van der Waals surface area contributed by atoms with Gasteiger partial charge >= 0.3 is 0 Å². The third-order valence-electron chi connectivity index (χ3n) is 4.24. The first-order chi connectivity index (χ1) is 12.2. The van der Waals surface area contributed by atoms with Gasteiger partial charge in [-0.15, -0.1) is 0 Å². The van der Waals surface area contributed by atoms with Crippen molar-refractivity contribution in [3.05, 3.63) is 65.2 Å². The maximum absolute atomic E-state index is 6.23. The van der Waals surface area contributed by atoms with Gasteiger partial charge in [-0.25, -0.2) is 4.98 Å². The Morgan fingerprint density at radius 1 is 1.00 bits per heavy atom. The lowest BCUT2D eigenvalue weighted by molar-refractivity contribution is 1.06. The summed E-state index contributed by atoms with van der Waals surface area (Å²) in [7, 11) is 0. The number of hydrogen-bond donors (Lipinski definition) is 2. The van der Waals surface area contributed by atoms with Crippen molar-refractivity contribution < 1.29 is 0 Å². The van der Waals surface area contributed by atoms with Gasteiger partial charge in [0.25, 0.3) is 0 Å². The SMILES string of the molecule is Cc1c(Cl)cccc1Nc1cc(-c2ccccc2)nc(NC2CC2)n1. The van der Waals surface area contributed by atoms with Gasteiger partial charge in [0.2, 0.25) is 5.95 Å². The van der Waals surface area contributed by atoms with Gasteiger partial charge in [-0.05, 0) is 37.5 Å². The highest BCUT2D eigenvalue weighted by Gasteiger charge is 2.22. The van der Waals surface area contributed by atoms with Gasteiger partial charge in [-0.3, -0.25) is 0 Å². The van der Waals surface area contributed by atoms with E-state index in [0.29, 0.717) is 12.0 Å². The highest BCUT2D eigenvalue weighted by Crippen LogP contribution is 2.29. The Morgan fingerprint density at radius 3 is 2.56 bits per heavy atom. The Hall–Kier alpha value is -2.59. The molecular weight excluding hydrogens is 332 g/mol. The molecule has 0 spiro atoms. The van der Waals surface area contributed by atoms with Crippen LogP contribution in [0.3, 0.4) is 0 Å². The quantitative estimate of drug-likeness (QED) is 0.644. The Balaban J connectivity index is 1.71. The Kier molecular flexibility index (Phi) is 4.28. The molecule has 0 saturated heterocycles. The molecule has 1 aliphatic rings. The van der Waals surface area contributed by atoms with E-state index < -0.39 is 0 Å². The van der Waals surface area contributed by atoms with E-state index in [1.165, 1.54) is 12.8 Å². The molecule has 0 radical (unpaired) electrons. The van der Waals surface area contributed by atoms with Crippen molar-refractivity contribution in [3.8, 4) is 11.3 Å². The third-order valence-corrected chi connectivity index (χ3v) is 4.65. The van der Waals surface area contributed by atoms with Crippen LogP contribution in [0.1, 0.15) is 18.4 Å². The standard InChI is InChI=1S/C20H19ClN4/c1-13-16(21)8-5-9-17(13)23-19-12-18(14-6-3-2-4-7-14)24-20(25-19)22-15-10-11-15/h2-9,12,15H,10-11H2,1H3,(H2,22,23,24,25). The lowest BCUT2D eigenvalue weighted by Gasteiger charge is -2.13. The van der Waals surface area contributed by atoms with Crippen LogP contribution >= 0.6 is 11.6 Å². The Bertz CT molecular complexity index is 891. The topological polar surface area (TPSA) is 49.8 Å². The van der Waals surface area contributed by atoms with E-state index in [1.54, 1.807) is 0 Å². The van der Waals surface area contributed by atoms with Gasteiger partial charge in [-0.1, -0.05) is 48.0 Å². The van der Waals surface area contributed by atoms with Crippen LogP contribution < -0.4 is 10.6 Å². The summed E-state index contributed by atoms with van der Waals surface area (Å²) in [5, 5.41) is 7.51. The Labute approximate surface area is 152 Å². The third kappa shape index (κ3) is 3.74. The van der Waals surface area contributed by atoms with Crippen LogP contribution in [0.5, 0.6) is 0 Å². The molecule has 1 aliphatic carbocycles. The molecule has 4 rings (SSSR count). The summed E-state index contributed by atoms with van der Waals surface area (Å²) in [6.07, 6.45) is 2.35. The van der Waals surface area contributed by atoms with E-state index in [2.05, 4.69) is 32.7 Å². The van der Waals surface area contributed by atoms with Crippen molar-refractivity contribution in [1.82, 2.24) is 9.97 Å². The summed E-state index contributed by atoms with van der Waals surface area (Å²) in [4.78, 5) is 9.31. The summed E-state index contributed by atoms with van der Waals surface area (Å²) < 4.78 is 0. The second kappa shape index (κ2) is 6.73. The molecule has 126 valence electrons. The number of hydrogen-bond acceptors (Lipinski definition) is 4. The molecule has 0 bridgehead atoms. The van der Waals surface area contributed by atoms with Crippen molar-refractivity contribution in [1.29, 1.82) is 0 Å². The van der Waals surface area contributed by atoms with E-state index >= 15 is 0 Å². The second-order valence-corrected chi connectivity index (χ2v) is 6.69. The molecule has 0 unspecified atom stereocenters. The molecule has 2 aromatic carbocycles. The monoisotopic (exact) mass is 350 g/mol. The molecule has 1 aromatic heterocycles. The van der Waals surface area contributed by atoms with Gasteiger partial charge < -0.3 is 10.6 Å². The van der Waals surface area contributed by atoms with Crippen LogP contribution in [-0.4, -0.2) is 16.0 Å². The van der Waals surface area contributed by atoms with Gasteiger partial charge in [0, 0.05) is 28.4 Å². The van der Waals surface area contributed by atoms with Gasteiger partial charge in [0.05, 0.1) is 5.69 Å². The summed E-state index contributed by atoms with van der Waals surface area (Å²) in [6.45, 7) is 1.99. The molecular formula is C20H19ClN4. The van der Waals surface area contributed by atoms with Crippen LogP contribution in [0.4, 0.5) is 17.5 Å². The number of aromatic nitrogens is 2. The molecule has 2 N–H and O–H groups in total. The molecule has 0 aliphatic heterocycles. The maximum atomic E-state index is 6.23. The smallest absolute Gasteiger partial charge is 0.225 e. The summed E-state index contributed by atoms with van der Waals surface area (Å²) in [6, 6.07) is 18.4. The van der Waals surface area contributed by atoms with Crippen molar-refractivity contribution in [2.45, 2.75) is 25.8 Å². The lowest BCUT2D eigenvalue weighted by Crippen LogP contribution is -2.08. The molecule has 0 amide bonds. The van der Waals surface area contributed by atoms with Crippen LogP contribution in [0.25, 0.3) is 11.3 Å². The van der Waals surface area contributed by atoms with Crippen molar-refractivity contribution >= 4 is 29.1 Å². The van der Waals surface area contributed by atoms with Crippen LogP contribution in [0, 0.1) is 6.92 Å². The van der Waals surface area contributed by atoms with E-state index in [4.69, 9.17) is 11.6 Å². The minimum absolute atomic E-state index is 0.492. The van der Waals surface area contributed by atoms with Crippen LogP contribution in [0.2, 0.25) is 5.02 Å². The zero-order chi connectivity index (χ0) is 17.2. The Morgan fingerprint density at radius 2 is 1.80 bits per heavy atom. The minimum atomic E-state index is 0.492. The van der Waals surface area contributed by atoms with Gasteiger partial charge in [0.15, 0.2) is 0 Å². The van der Waals surface area contributed by atoms with E-state index in [0.717, 1.165) is 33.3 Å². The summed E-state index contributed by atoms with van der Waals surface area (Å²) in [5.74, 6) is 1.41. The predicted molar refractivity (Wildman–Crippen MR) is 104 cm³/mol. The average molecular weight is 351 g/mol. The van der Waals surface area contributed by atoms with Gasteiger partial charge in [0.1, 0.15) is 5.82 Å². The van der Waals surface area contributed by atoms with Crippen LogP contribution in [-0.2, 0) is 0 Å². The summed E-state index contributed by atoms with van der Waals surface area (Å²) in [5.41, 5.74) is 3.90. The average Bonchev–Trinajstić information content (AvgIpc) is 3.43. The zero-order valence-electron chi connectivity index (χ0n) is 14.0. The first-order valence-corrected chi connectivity index (χ1v) is 8.80. The largest absolute Gasteiger partial charge is 0.351 e. The fourth-order valence-electron chi connectivity index (χ4n) is 2.62. The molecule has 0 atom stereocenters. The molecule has 1 saturated carbocycles. The highest BCUT2D eigenvalue weighted by molar-refractivity contribution is 6.31.